The van der Waals surface area contributed by atoms with Crippen LogP contribution in [0.25, 0.3) is 0 Å². The third-order valence-corrected chi connectivity index (χ3v) is 3.63. The van der Waals surface area contributed by atoms with E-state index < -0.39 is 7.60 Å². The minimum atomic E-state index is -3.27. The zero-order valence-corrected chi connectivity index (χ0v) is 10.0. The first kappa shape index (κ1) is 12.3. The molecule has 0 fully saturated rings. The lowest BCUT2D eigenvalue weighted by Gasteiger charge is -2.15. The maximum Gasteiger partial charge on any atom is 0.381 e. The first-order chi connectivity index (χ1) is 7.12. The highest BCUT2D eigenvalue weighted by atomic mass is 31.2. The van der Waals surface area contributed by atoms with Gasteiger partial charge in [-0.25, -0.2) is 4.98 Å². The van der Waals surface area contributed by atoms with E-state index in [9.17, 15) is 4.57 Å². The number of hydrogen-bond donors (Lipinski definition) is 0. The molecule has 0 aromatic carbocycles. The molecule has 0 N–H and O–H groups in total. The first-order valence-corrected chi connectivity index (χ1v) is 6.35. The van der Waals surface area contributed by atoms with Gasteiger partial charge in [0.2, 0.25) is 0 Å². The summed E-state index contributed by atoms with van der Waals surface area (Å²) in [7, 11) is -3.27. The number of aromatic nitrogens is 2. The van der Waals surface area contributed by atoms with Crippen molar-refractivity contribution in [2.24, 2.45) is 0 Å². The molecule has 0 atom stereocenters. The standard InChI is InChI=1S/C9H15N2O3P/c1-4-13-15(12,14-5-2)9-7-10-8(3)6-11-9/h6-7H,4-5H2,1-3H3. The van der Waals surface area contributed by atoms with Crippen molar-refractivity contribution >= 4 is 13.0 Å². The van der Waals surface area contributed by atoms with Crippen LogP contribution in [0.3, 0.4) is 0 Å². The van der Waals surface area contributed by atoms with Gasteiger partial charge in [-0.1, -0.05) is 0 Å². The van der Waals surface area contributed by atoms with Crippen molar-refractivity contribution in [3.63, 3.8) is 0 Å². The molecule has 1 aromatic rings. The molecule has 0 amide bonds. The average molecular weight is 230 g/mol. The Kier molecular flexibility index (Phi) is 4.39. The molecule has 84 valence electrons. The predicted molar refractivity (Wildman–Crippen MR) is 57.3 cm³/mol. The van der Waals surface area contributed by atoms with Gasteiger partial charge in [-0.3, -0.25) is 9.55 Å². The lowest BCUT2D eigenvalue weighted by atomic mass is 10.5. The monoisotopic (exact) mass is 230 g/mol. The van der Waals surface area contributed by atoms with Crippen LogP contribution in [0.5, 0.6) is 0 Å². The van der Waals surface area contributed by atoms with Crippen LogP contribution < -0.4 is 5.44 Å². The summed E-state index contributed by atoms with van der Waals surface area (Å²) < 4.78 is 22.4. The quantitative estimate of drug-likeness (QED) is 0.720. The molecule has 15 heavy (non-hydrogen) atoms. The van der Waals surface area contributed by atoms with E-state index in [1.807, 2.05) is 6.92 Å². The molecule has 1 aromatic heterocycles. The van der Waals surface area contributed by atoms with Crippen LogP contribution in [-0.2, 0) is 13.6 Å². The normalized spacial score (nSPS) is 11.7. The summed E-state index contributed by atoms with van der Waals surface area (Å²) in [6.07, 6.45) is 2.97. The summed E-state index contributed by atoms with van der Waals surface area (Å²) in [6, 6.07) is 0. The van der Waals surface area contributed by atoms with Gasteiger partial charge in [0.1, 0.15) is 0 Å². The van der Waals surface area contributed by atoms with Gasteiger partial charge in [-0.05, 0) is 20.8 Å². The minimum Gasteiger partial charge on any atom is -0.304 e. The van der Waals surface area contributed by atoms with Crippen LogP contribution in [0.4, 0.5) is 0 Å². The third kappa shape index (κ3) is 3.09. The summed E-state index contributed by atoms with van der Waals surface area (Å²) in [5, 5.41) is 0. The van der Waals surface area contributed by atoms with Crippen molar-refractivity contribution < 1.29 is 13.6 Å². The van der Waals surface area contributed by atoms with Crippen LogP contribution in [0.15, 0.2) is 12.4 Å². The van der Waals surface area contributed by atoms with E-state index in [4.69, 9.17) is 9.05 Å². The Hall–Kier alpha value is -0.770. The Labute approximate surface area is 89.4 Å². The summed E-state index contributed by atoms with van der Waals surface area (Å²) in [6.45, 7) is 5.95. The zero-order valence-electron chi connectivity index (χ0n) is 9.14. The van der Waals surface area contributed by atoms with Crippen LogP contribution in [0.1, 0.15) is 19.5 Å². The molecule has 0 aliphatic heterocycles. The number of rotatable bonds is 5. The molecule has 0 aliphatic rings. The molecule has 0 bridgehead atoms. The third-order valence-electron chi connectivity index (χ3n) is 1.65. The molecule has 0 spiro atoms. The molecule has 6 heteroatoms. The Morgan fingerprint density at radius 1 is 1.20 bits per heavy atom. The molecule has 0 aliphatic carbocycles. The van der Waals surface area contributed by atoms with E-state index in [0.29, 0.717) is 13.2 Å². The second-order valence-corrected chi connectivity index (χ2v) is 4.82. The molecule has 1 rings (SSSR count). The maximum absolute atomic E-state index is 12.2. The smallest absolute Gasteiger partial charge is 0.304 e. The lowest BCUT2D eigenvalue weighted by molar-refractivity contribution is 0.229. The minimum absolute atomic E-state index is 0.261. The topological polar surface area (TPSA) is 61.3 Å². The largest absolute Gasteiger partial charge is 0.381 e. The van der Waals surface area contributed by atoms with E-state index >= 15 is 0 Å². The van der Waals surface area contributed by atoms with E-state index in [1.54, 1.807) is 20.0 Å². The van der Waals surface area contributed by atoms with Gasteiger partial charge in [0.25, 0.3) is 0 Å². The molecular weight excluding hydrogens is 215 g/mol. The maximum atomic E-state index is 12.2. The van der Waals surface area contributed by atoms with Crippen LogP contribution in [0.2, 0.25) is 0 Å². The first-order valence-electron chi connectivity index (χ1n) is 4.80. The van der Waals surface area contributed by atoms with E-state index in [1.165, 1.54) is 6.20 Å². The fourth-order valence-electron chi connectivity index (χ4n) is 1.04. The van der Waals surface area contributed by atoms with Crippen molar-refractivity contribution in [3.05, 3.63) is 18.1 Å². The Morgan fingerprint density at radius 3 is 2.20 bits per heavy atom. The molecule has 5 nitrogen and oxygen atoms in total. The fourth-order valence-corrected chi connectivity index (χ4v) is 2.45. The van der Waals surface area contributed by atoms with Gasteiger partial charge in [-0.2, -0.15) is 0 Å². The fraction of sp³-hybridized carbons (Fsp3) is 0.556. The van der Waals surface area contributed by atoms with Crippen LogP contribution in [0, 0.1) is 6.92 Å². The zero-order chi connectivity index (χ0) is 11.3. The highest BCUT2D eigenvalue weighted by molar-refractivity contribution is 7.61. The van der Waals surface area contributed by atoms with Crippen molar-refractivity contribution in [2.75, 3.05) is 13.2 Å². The molecule has 0 unspecified atom stereocenters. The van der Waals surface area contributed by atoms with E-state index in [0.717, 1.165) is 5.69 Å². The number of aryl methyl sites for hydroxylation is 1. The average Bonchev–Trinajstić information content (AvgIpc) is 2.19. The van der Waals surface area contributed by atoms with Crippen molar-refractivity contribution in [3.8, 4) is 0 Å². The van der Waals surface area contributed by atoms with Gasteiger partial charge in [0, 0.05) is 6.20 Å². The Bertz CT molecular complexity index is 343. The highest BCUT2D eigenvalue weighted by Crippen LogP contribution is 2.45. The number of nitrogens with zero attached hydrogens (tertiary/aromatic N) is 2. The summed E-state index contributed by atoms with van der Waals surface area (Å²) in [4.78, 5) is 8.03. The SMILES string of the molecule is CCOP(=O)(OCC)c1cnc(C)cn1. The molecular formula is C9H15N2O3P. The van der Waals surface area contributed by atoms with Gasteiger partial charge in [0.15, 0.2) is 5.44 Å². The molecule has 0 saturated carbocycles. The predicted octanol–water partition coefficient (Wildman–Crippen LogP) is 1.68. The van der Waals surface area contributed by atoms with Crippen LogP contribution >= 0.6 is 7.60 Å². The van der Waals surface area contributed by atoms with Gasteiger partial charge < -0.3 is 9.05 Å². The highest BCUT2D eigenvalue weighted by Gasteiger charge is 2.28. The van der Waals surface area contributed by atoms with Crippen molar-refractivity contribution in [1.82, 2.24) is 9.97 Å². The molecule has 0 saturated heterocycles. The summed E-state index contributed by atoms with van der Waals surface area (Å²) >= 11 is 0. The van der Waals surface area contributed by atoms with Gasteiger partial charge >= 0.3 is 7.60 Å². The summed E-state index contributed by atoms with van der Waals surface area (Å²) in [5.41, 5.74) is 1.02. The molecule has 1 heterocycles. The summed E-state index contributed by atoms with van der Waals surface area (Å²) in [5.74, 6) is 0. The van der Waals surface area contributed by atoms with Gasteiger partial charge in [-0.15, -0.1) is 0 Å². The molecule has 0 radical (unpaired) electrons. The Morgan fingerprint density at radius 2 is 1.80 bits per heavy atom. The number of hydrogen-bond acceptors (Lipinski definition) is 5. The van der Waals surface area contributed by atoms with E-state index in [2.05, 4.69) is 9.97 Å². The van der Waals surface area contributed by atoms with Crippen molar-refractivity contribution in [2.45, 2.75) is 20.8 Å². The van der Waals surface area contributed by atoms with E-state index in [-0.39, 0.29) is 5.44 Å². The van der Waals surface area contributed by atoms with Crippen LogP contribution in [-0.4, -0.2) is 23.2 Å². The second-order valence-electron chi connectivity index (χ2n) is 2.85. The van der Waals surface area contributed by atoms with Crippen molar-refractivity contribution in [1.29, 1.82) is 0 Å². The second kappa shape index (κ2) is 5.35. The Balaban J connectivity index is 2.98. The lowest BCUT2D eigenvalue weighted by Crippen LogP contribution is -2.15. The van der Waals surface area contributed by atoms with Gasteiger partial charge in [0.05, 0.1) is 25.1 Å².